The van der Waals surface area contributed by atoms with E-state index in [-0.39, 0.29) is 0 Å². The Morgan fingerprint density at radius 3 is 2.50 bits per heavy atom. The van der Waals surface area contributed by atoms with Gasteiger partial charge in [0.2, 0.25) is 0 Å². The SMILES string of the molecule is NC1CC(OCc2ccc(Cl)cc2)C1. The lowest BCUT2D eigenvalue weighted by molar-refractivity contribution is -0.0188. The van der Waals surface area contributed by atoms with Crippen LogP contribution >= 0.6 is 11.6 Å². The molecular formula is C11H14ClNO. The molecule has 1 aromatic rings. The molecule has 2 nitrogen and oxygen atoms in total. The van der Waals surface area contributed by atoms with Crippen LogP contribution in [-0.4, -0.2) is 12.1 Å². The van der Waals surface area contributed by atoms with E-state index in [0.29, 0.717) is 18.8 Å². The van der Waals surface area contributed by atoms with Gasteiger partial charge in [0.05, 0.1) is 12.7 Å². The Morgan fingerprint density at radius 2 is 1.93 bits per heavy atom. The second-order valence-electron chi connectivity index (χ2n) is 3.79. The van der Waals surface area contributed by atoms with Gasteiger partial charge in [-0.25, -0.2) is 0 Å². The molecule has 1 aromatic carbocycles. The van der Waals surface area contributed by atoms with E-state index >= 15 is 0 Å². The number of hydrogen-bond acceptors (Lipinski definition) is 2. The molecule has 1 saturated carbocycles. The first-order valence-electron chi connectivity index (χ1n) is 4.85. The molecule has 0 atom stereocenters. The van der Waals surface area contributed by atoms with E-state index in [1.807, 2.05) is 24.3 Å². The van der Waals surface area contributed by atoms with E-state index in [9.17, 15) is 0 Å². The predicted molar refractivity (Wildman–Crippen MR) is 57.2 cm³/mol. The Labute approximate surface area is 89.0 Å². The summed E-state index contributed by atoms with van der Waals surface area (Å²) in [7, 11) is 0. The number of ether oxygens (including phenoxy) is 1. The monoisotopic (exact) mass is 211 g/mol. The van der Waals surface area contributed by atoms with Gasteiger partial charge in [-0.2, -0.15) is 0 Å². The first-order chi connectivity index (χ1) is 6.74. The summed E-state index contributed by atoms with van der Waals surface area (Å²) in [5.74, 6) is 0. The maximum Gasteiger partial charge on any atom is 0.0720 e. The van der Waals surface area contributed by atoms with Gasteiger partial charge < -0.3 is 10.5 Å². The van der Waals surface area contributed by atoms with Gasteiger partial charge >= 0.3 is 0 Å². The van der Waals surface area contributed by atoms with Crippen molar-refractivity contribution in [1.29, 1.82) is 0 Å². The molecule has 3 heteroatoms. The van der Waals surface area contributed by atoms with Gasteiger partial charge in [0.15, 0.2) is 0 Å². The molecule has 0 bridgehead atoms. The Balaban J connectivity index is 1.78. The summed E-state index contributed by atoms with van der Waals surface area (Å²) in [4.78, 5) is 0. The number of nitrogens with two attached hydrogens (primary N) is 1. The molecule has 76 valence electrons. The molecule has 2 N–H and O–H groups in total. The molecule has 1 aliphatic rings. The van der Waals surface area contributed by atoms with Crippen LogP contribution in [-0.2, 0) is 11.3 Å². The molecule has 0 aromatic heterocycles. The Bertz CT molecular complexity index is 293. The van der Waals surface area contributed by atoms with E-state index < -0.39 is 0 Å². The third kappa shape index (κ3) is 2.47. The van der Waals surface area contributed by atoms with Gasteiger partial charge in [-0.15, -0.1) is 0 Å². The highest BCUT2D eigenvalue weighted by Gasteiger charge is 2.26. The van der Waals surface area contributed by atoms with Gasteiger partial charge in [0.25, 0.3) is 0 Å². The molecule has 1 fully saturated rings. The number of hydrogen-bond donors (Lipinski definition) is 1. The maximum absolute atomic E-state index is 5.77. The lowest BCUT2D eigenvalue weighted by Crippen LogP contribution is -2.41. The normalized spacial score (nSPS) is 25.9. The van der Waals surface area contributed by atoms with Crippen LogP contribution in [0.15, 0.2) is 24.3 Å². The van der Waals surface area contributed by atoms with Crippen molar-refractivity contribution in [3.63, 3.8) is 0 Å². The molecule has 0 amide bonds. The molecule has 0 radical (unpaired) electrons. The van der Waals surface area contributed by atoms with Crippen LogP contribution in [0.5, 0.6) is 0 Å². The van der Waals surface area contributed by atoms with Gasteiger partial charge in [-0.05, 0) is 30.5 Å². The van der Waals surface area contributed by atoms with E-state index in [2.05, 4.69) is 0 Å². The summed E-state index contributed by atoms with van der Waals surface area (Å²) < 4.78 is 5.65. The van der Waals surface area contributed by atoms with Crippen molar-refractivity contribution >= 4 is 11.6 Å². The summed E-state index contributed by atoms with van der Waals surface area (Å²) in [6, 6.07) is 8.09. The maximum atomic E-state index is 5.77. The number of rotatable bonds is 3. The van der Waals surface area contributed by atoms with Crippen LogP contribution in [0.2, 0.25) is 5.02 Å². The van der Waals surface area contributed by atoms with Crippen LogP contribution in [0.4, 0.5) is 0 Å². The minimum absolute atomic E-state index is 0.352. The molecule has 2 rings (SSSR count). The summed E-state index contributed by atoms with van der Waals surface area (Å²) in [5.41, 5.74) is 6.82. The molecule has 0 unspecified atom stereocenters. The van der Waals surface area contributed by atoms with E-state index in [1.54, 1.807) is 0 Å². The average molecular weight is 212 g/mol. The molecular weight excluding hydrogens is 198 g/mol. The smallest absolute Gasteiger partial charge is 0.0720 e. The highest BCUT2D eigenvalue weighted by atomic mass is 35.5. The van der Waals surface area contributed by atoms with E-state index in [1.165, 1.54) is 0 Å². The minimum Gasteiger partial charge on any atom is -0.373 e. The van der Waals surface area contributed by atoms with Crippen molar-refractivity contribution in [2.45, 2.75) is 31.6 Å². The fourth-order valence-corrected chi connectivity index (χ4v) is 1.66. The van der Waals surface area contributed by atoms with Crippen molar-refractivity contribution in [2.24, 2.45) is 5.73 Å². The molecule has 14 heavy (non-hydrogen) atoms. The Morgan fingerprint density at radius 1 is 1.29 bits per heavy atom. The third-order valence-electron chi connectivity index (χ3n) is 2.53. The average Bonchev–Trinajstić information content (AvgIpc) is 2.13. The number of halogens is 1. The lowest BCUT2D eigenvalue weighted by atomic mass is 9.90. The third-order valence-corrected chi connectivity index (χ3v) is 2.78. The van der Waals surface area contributed by atoms with Crippen LogP contribution in [0.1, 0.15) is 18.4 Å². The highest BCUT2D eigenvalue weighted by Crippen LogP contribution is 2.22. The molecule has 0 heterocycles. The first kappa shape index (κ1) is 9.97. The van der Waals surface area contributed by atoms with Crippen LogP contribution in [0.25, 0.3) is 0 Å². The molecule has 0 saturated heterocycles. The molecule has 1 aliphatic carbocycles. The zero-order valence-electron chi connectivity index (χ0n) is 7.95. The topological polar surface area (TPSA) is 35.2 Å². The fourth-order valence-electron chi connectivity index (χ4n) is 1.54. The van der Waals surface area contributed by atoms with Gasteiger partial charge in [0, 0.05) is 11.1 Å². The quantitative estimate of drug-likeness (QED) is 0.833. The zero-order chi connectivity index (χ0) is 9.97. The summed E-state index contributed by atoms with van der Waals surface area (Å²) in [6.07, 6.45) is 2.35. The van der Waals surface area contributed by atoms with E-state index in [0.717, 1.165) is 23.4 Å². The van der Waals surface area contributed by atoms with Crippen molar-refractivity contribution in [3.05, 3.63) is 34.9 Å². The minimum atomic E-state index is 0.352. The summed E-state index contributed by atoms with van der Waals surface area (Å²) >= 11 is 5.77. The molecule has 0 aliphatic heterocycles. The lowest BCUT2D eigenvalue weighted by Gasteiger charge is -2.32. The van der Waals surface area contributed by atoms with Crippen molar-refractivity contribution < 1.29 is 4.74 Å². The van der Waals surface area contributed by atoms with Crippen molar-refractivity contribution in [3.8, 4) is 0 Å². The molecule has 0 spiro atoms. The summed E-state index contributed by atoms with van der Waals surface area (Å²) in [5, 5.41) is 0.763. The van der Waals surface area contributed by atoms with Crippen LogP contribution in [0.3, 0.4) is 0 Å². The first-order valence-corrected chi connectivity index (χ1v) is 5.23. The van der Waals surface area contributed by atoms with Crippen LogP contribution < -0.4 is 5.73 Å². The zero-order valence-corrected chi connectivity index (χ0v) is 8.70. The van der Waals surface area contributed by atoms with Crippen LogP contribution in [0, 0.1) is 0 Å². The number of benzene rings is 1. The second-order valence-corrected chi connectivity index (χ2v) is 4.23. The standard InChI is InChI=1S/C11H14ClNO/c12-9-3-1-8(2-4-9)7-14-11-5-10(13)6-11/h1-4,10-11H,5-7,13H2. The van der Waals surface area contributed by atoms with Gasteiger partial charge in [0.1, 0.15) is 0 Å². The largest absolute Gasteiger partial charge is 0.373 e. The van der Waals surface area contributed by atoms with Crippen molar-refractivity contribution in [1.82, 2.24) is 0 Å². The highest BCUT2D eigenvalue weighted by molar-refractivity contribution is 6.30. The Kier molecular flexibility index (Phi) is 3.06. The van der Waals surface area contributed by atoms with Crippen molar-refractivity contribution in [2.75, 3.05) is 0 Å². The fraction of sp³-hybridized carbons (Fsp3) is 0.455. The predicted octanol–water partition coefficient (Wildman–Crippen LogP) is 2.35. The van der Waals surface area contributed by atoms with E-state index in [4.69, 9.17) is 22.1 Å². The second kappa shape index (κ2) is 4.30. The summed E-state index contributed by atoms with van der Waals surface area (Å²) in [6.45, 7) is 0.661. The Hall–Kier alpha value is -0.570. The van der Waals surface area contributed by atoms with Gasteiger partial charge in [-0.1, -0.05) is 23.7 Å². The van der Waals surface area contributed by atoms with Gasteiger partial charge in [-0.3, -0.25) is 0 Å².